The standard InChI is InChI=1S/C14H17N3O5S/c1-10-8-13(16-22-10)17(23(3,19)20)9-14(18)15-11-4-6-12(21-2)7-5-11/h4-8H,9H2,1-3H3,(H,15,18). The van der Waals surface area contributed by atoms with Crippen molar-refractivity contribution < 1.29 is 22.5 Å². The summed E-state index contributed by atoms with van der Waals surface area (Å²) in [5.74, 6) is 0.666. The lowest BCUT2D eigenvalue weighted by Gasteiger charge is -2.18. The van der Waals surface area contributed by atoms with Crippen LogP contribution < -0.4 is 14.4 Å². The molecular formula is C14H17N3O5S. The topological polar surface area (TPSA) is 102 Å². The predicted molar refractivity (Wildman–Crippen MR) is 85.1 cm³/mol. The van der Waals surface area contributed by atoms with Gasteiger partial charge in [0, 0.05) is 11.8 Å². The van der Waals surface area contributed by atoms with E-state index in [4.69, 9.17) is 9.26 Å². The quantitative estimate of drug-likeness (QED) is 0.853. The van der Waals surface area contributed by atoms with Crippen LogP contribution in [0.3, 0.4) is 0 Å². The summed E-state index contributed by atoms with van der Waals surface area (Å²) < 4.78 is 34.5. The largest absolute Gasteiger partial charge is 0.497 e. The summed E-state index contributed by atoms with van der Waals surface area (Å²) in [4.78, 5) is 12.1. The van der Waals surface area contributed by atoms with Crippen molar-refractivity contribution in [3.63, 3.8) is 0 Å². The first kappa shape index (κ1) is 16.8. The van der Waals surface area contributed by atoms with Crippen LogP contribution in [0.2, 0.25) is 0 Å². The maximum absolute atomic E-state index is 12.1. The van der Waals surface area contributed by atoms with Crippen LogP contribution in [0.4, 0.5) is 11.5 Å². The molecule has 0 atom stereocenters. The predicted octanol–water partition coefficient (Wildman–Crippen LogP) is 1.40. The number of sulfonamides is 1. The molecule has 0 saturated heterocycles. The number of amides is 1. The van der Waals surface area contributed by atoms with Crippen molar-refractivity contribution >= 4 is 27.4 Å². The number of aryl methyl sites for hydroxylation is 1. The van der Waals surface area contributed by atoms with Crippen LogP contribution in [0, 0.1) is 6.92 Å². The van der Waals surface area contributed by atoms with Crippen molar-refractivity contribution in [3.8, 4) is 5.75 Å². The molecule has 0 radical (unpaired) electrons. The van der Waals surface area contributed by atoms with Crippen LogP contribution in [0.15, 0.2) is 34.9 Å². The third-order valence-corrected chi connectivity index (χ3v) is 4.05. The highest BCUT2D eigenvalue weighted by Crippen LogP contribution is 2.18. The molecule has 124 valence electrons. The Kier molecular flexibility index (Phi) is 4.89. The lowest BCUT2D eigenvalue weighted by Crippen LogP contribution is -2.37. The van der Waals surface area contributed by atoms with Gasteiger partial charge in [0.15, 0.2) is 5.82 Å². The fourth-order valence-corrected chi connectivity index (χ4v) is 2.62. The second kappa shape index (κ2) is 6.69. The first-order valence-corrected chi connectivity index (χ1v) is 8.49. The number of carbonyl (C=O) groups excluding carboxylic acids is 1. The summed E-state index contributed by atoms with van der Waals surface area (Å²) in [5.41, 5.74) is 0.528. The summed E-state index contributed by atoms with van der Waals surface area (Å²) in [6, 6.07) is 8.13. The summed E-state index contributed by atoms with van der Waals surface area (Å²) in [6.45, 7) is 1.23. The molecule has 0 aliphatic rings. The molecule has 2 rings (SSSR count). The number of hydrogen-bond donors (Lipinski definition) is 1. The fourth-order valence-electron chi connectivity index (χ4n) is 1.84. The van der Waals surface area contributed by atoms with E-state index < -0.39 is 22.5 Å². The Morgan fingerprint density at radius 2 is 2.00 bits per heavy atom. The molecule has 0 unspecified atom stereocenters. The summed E-state index contributed by atoms with van der Waals surface area (Å²) >= 11 is 0. The number of nitrogens with zero attached hydrogens (tertiary/aromatic N) is 2. The van der Waals surface area contributed by atoms with Crippen molar-refractivity contribution in [2.45, 2.75) is 6.92 Å². The SMILES string of the molecule is COc1ccc(NC(=O)CN(c2cc(C)on2)S(C)(=O)=O)cc1. The van der Waals surface area contributed by atoms with Gasteiger partial charge >= 0.3 is 0 Å². The van der Waals surface area contributed by atoms with Crippen LogP contribution in [0.25, 0.3) is 0 Å². The van der Waals surface area contributed by atoms with E-state index >= 15 is 0 Å². The van der Waals surface area contributed by atoms with Crippen molar-refractivity contribution in [2.24, 2.45) is 0 Å². The number of nitrogens with one attached hydrogen (secondary N) is 1. The smallest absolute Gasteiger partial charge is 0.245 e. The van der Waals surface area contributed by atoms with Crippen LogP contribution in [0.1, 0.15) is 5.76 Å². The number of aromatic nitrogens is 1. The molecule has 8 nitrogen and oxygen atoms in total. The Hall–Kier alpha value is -2.55. The van der Waals surface area contributed by atoms with Crippen molar-refractivity contribution in [1.82, 2.24) is 5.16 Å². The first-order chi connectivity index (χ1) is 10.8. The molecule has 23 heavy (non-hydrogen) atoms. The normalized spacial score (nSPS) is 11.1. The number of anilines is 2. The van der Waals surface area contributed by atoms with E-state index in [0.29, 0.717) is 17.2 Å². The van der Waals surface area contributed by atoms with E-state index in [2.05, 4.69) is 10.5 Å². The molecule has 0 aliphatic heterocycles. The van der Waals surface area contributed by atoms with Gasteiger partial charge in [-0.3, -0.25) is 4.79 Å². The number of hydrogen-bond acceptors (Lipinski definition) is 6. The second-order valence-corrected chi connectivity index (χ2v) is 6.75. The Labute approximate surface area is 134 Å². The summed E-state index contributed by atoms with van der Waals surface area (Å²) in [6.07, 6.45) is 0.998. The lowest BCUT2D eigenvalue weighted by molar-refractivity contribution is -0.114. The minimum absolute atomic E-state index is 0.0647. The van der Waals surface area contributed by atoms with Crippen LogP contribution in [0.5, 0.6) is 5.75 Å². The highest BCUT2D eigenvalue weighted by atomic mass is 32.2. The van der Waals surface area contributed by atoms with Crippen LogP contribution in [-0.4, -0.2) is 39.4 Å². The average molecular weight is 339 g/mol. The van der Waals surface area contributed by atoms with Gasteiger partial charge in [0.05, 0.1) is 13.4 Å². The Balaban J connectivity index is 2.11. The molecule has 0 spiro atoms. The van der Waals surface area contributed by atoms with E-state index in [1.165, 1.54) is 13.2 Å². The van der Waals surface area contributed by atoms with Gasteiger partial charge in [0.1, 0.15) is 18.1 Å². The van der Waals surface area contributed by atoms with E-state index in [-0.39, 0.29) is 5.82 Å². The van der Waals surface area contributed by atoms with E-state index in [9.17, 15) is 13.2 Å². The van der Waals surface area contributed by atoms with Gasteiger partial charge < -0.3 is 14.6 Å². The molecule has 0 aliphatic carbocycles. The first-order valence-electron chi connectivity index (χ1n) is 6.64. The summed E-state index contributed by atoms with van der Waals surface area (Å²) in [7, 11) is -2.13. The average Bonchev–Trinajstić information content (AvgIpc) is 2.90. The minimum Gasteiger partial charge on any atom is -0.497 e. The van der Waals surface area contributed by atoms with Gasteiger partial charge in [0.25, 0.3) is 0 Å². The van der Waals surface area contributed by atoms with Crippen LogP contribution in [-0.2, 0) is 14.8 Å². The molecule has 1 aromatic heterocycles. The monoisotopic (exact) mass is 339 g/mol. The van der Waals surface area contributed by atoms with Crippen molar-refractivity contribution in [3.05, 3.63) is 36.1 Å². The fraction of sp³-hybridized carbons (Fsp3) is 0.286. The third-order valence-electron chi connectivity index (χ3n) is 2.93. The van der Waals surface area contributed by atoms with Gasteiger partial charge in [-0.15, -0.1) is 0 Å². The highest BCUT2D eigenvalue weighted by molar-refractivity contribution is 7.92. The summed E-state index contributed by atoms with van der Waals surface area (Å²) in [5, 5.41) is 6.25. The maximum Gasteiger partial charge on any atom is 0.245 e. The number of rotatable bonds is 6. The molecule has 0 saturated carbocycles. The van der Waals surface area contributed by atoms with E-state index in [0.717, 1.165) is 10.6 Å². The maximum atomic E-state index is 12.1. The zero-order chi connectivity index (χ0) is 17.0. The van der Waals surface area contributed by atoms with Gasteiger partial charge in [-0.25, -0.2) is 12.7 Å². The third kappa shape index (κ3) is 4.46. The zero-order valence-electron chi connectivity index (χ0n) is 12.9. The van der Waals surface area contributed by atoms with Gasteiger partial charge in [-0.2, -0.15) is 0 Å². The molecule has 9 heteroatoms. The second-order valence-electron chi connectivity index (χ2n) is 4.84. The zero-order valence-corrected chi connectivity index (χ0v) is 13.8. The Morgan fingerprint density at radius 3 is 2.48 bits per heavy atom. The van der Waals surface area contributed by atoms with Crippen LogP contribution >= 0.6 is 0 Å². The van der Waals surface area contributed by atoms with E-state index in [1.807, 2.05) is 0 Å². The Bertz CT molecular complexity index is 783. The molecule has 0 bridgehead atoms. The van der Waals surface area contributed by atoms with Crippen molar-refractivity contribution in [2.75, 3.05) is 29.5 Å². The van der Waals surface area contributed by atoms with Gasteiger partial charge in [0.2, 0.25) is 15.9 Å². The molecule has 1 aromatic carbocycles. The number of carbonyl (C=O) groups is 1. The Morgan fingerprint density at radius 1 is 1.35 bits per heavy atom. The van der Waals surface area contributed by atoms with E-state index in [1.54, 1.807) is 31.2 Å². The number of methoxy groups -OCH3 is 1. The molecule has 1 heterocycles. The highest BCUT2D eigenvalue weighted by Gasteiger charge is 2.23. The minimum atomic E-state index is -3.67. The van der Waals surface area contributed by atoms with Gasteiger partial charge in [-0.1, -0.05) is 5.16 Å². The molecule has 0 fully saturated rings. The molecule has 2 aromatic rings. The molecule has 1 amide bonds. The molecular weight excluding hydrogens is 322 g/mol. The van der Waals surface area contributed by atoms with Gasteiger partial charge in [-0.05, 0) is 31.2 Å². The number of ether oxygens (including phenoxy) is 1. The lowest BCUT2D eigenvalue weighted by atomic mass is 10.3. The molecule has 1 N–H and O–H groups in total. The van der Waals surface area contributed by atoms with Crippen molar-refractivity contribution in [1.29, 1.82) is 0 Å². The number of benzene rings is 1.